The lowest BCUT2D eigenvalue weighted by Crippen LogP contribution is -2.14. The average molecular weight is 223 g/mol. The van der Waals surface area contributed by atoms with Crippen LogP contribution in [0.5, 0.6) is 0 Å². The second-order valence-corrected chi connectivity index (χ2v) is 3.82. The van der Waals surface area contributed by atoms with Crippen molar-refractivity contribution in [1.29, 1.82) is 0 Å². The molecule has 1 aromatic rings. The van der Waals surface area contributed by atoms with Crippen molar-refractivity contribution in [2.45, 2.75) is 20.3 Å². The lowest BCUT2D eigenvalue weighted by molar-refractivity contribution is 0.0698. The van der Waals surface area contributed by atoms with Crippen molar-refractivity contribution in [2.24, 2.45) is 5.92 Å². The molecule has 16 heavy (non-hydrogen) atoms. The standard InChI is InChI=1S/C11H17N3O2/c1-3-7(2)6-14-10-9(12)8(11(15)16)4-5-13-10/h4-5,7H,3,6,12H2,1-2H3,(H,13,14)(H,15,16). The number of hydrogen-bond acceptors (Lipinski definition) is 4. The highest BCUT2D eigenvalue weighted by Crippen LogP contribution is 2.20. The van der Waals surface area contributed by atoms with Crippen LogP contribution in [0.4, 0.5) is 11.5 Å². The predicted octanol–water partition coefficient (Wildman–Crippen LogP) is 1.82. The van der Waals surface area contributed by atoms with Crippen LogP contribution in [0.1, 0.15) is 30.6 Å². The van der Waals surface area contributed by atoms with Crippen LogP contribution < -0.4 is 11.1 Å². The van der Waals surface area contributed by atoms with E-state index in [0.717, 1.165) is 13.0 Å². The van der Waals surface area contributed by atoms with Crippen LogP contribution in [0.25, 0.3) is 0 Å². The van der Waals surface area contributed by atoms with Crippen LogP contribution in [0, 0.1) is 5.92 Å². The van der Waals surface area contributed by atoms with Gasteiger partial charge in [-0.15, -0.1) is 0 Å². The Labute approximate surface area is 94.7 Å². The van der Waals surface area contributed by atoms with Gasteiger partial charge in [-0.05, 0) is 12.0 Å². The normalized spacial score (nSPS) is 12.1. The first-order chi connectivity index (χ1) is 7.56. The molecule has 0 aliphatic carbocycles. The number of aromatic carboxylic acids is 1. The van der Waals surface area contributed by atoms with Crippen molar-refractivity contribution in [3.63, 3.8) is 0 Å². The number of nitrogens with zero attached hydrogens (tertiary/aromatic N) is 1. The zero-order valence-corrected chi connectivity index (χ0v) is 9.53. The zero-order valence-electron chi connectivity index (χ0n) is 9.53. The molecule has 5 nitrogen and oxygen atoms in total. The molecule has 0 aromatic carbocycles. The predicted molar refractivity (Wildman–Crippen MR) is 63.6 cm³/mol. The van der Waals surface area contributed by atoms with E-state index in [1.165, 1.54) is 12.3 Å². The first-order valence-electron chi connectivity index (χ1n) is 5.27. The highest BCUT2D eigenvalue weighted by atomic mass is 16.4. The minimum absolute atomic E-state index is 0.0849. The van der Waals surface area contributed by atoms with E-state index >= 15 is 0 Å². The van der Waals surface area contributed by atoms with Crippen LogP contribution in [0.2, 0.25) is 0 Å². The maximum absolute atomic E-state index is 10.8. The lowest BCUT2D eigenvalue weighted by Gasteiger charge is -2.13. The Hall–Kier alpha value is -1.78. The molecule has 5 heteroatoms. The Bertz CT molecular complexity index is 379. The third kappa shape index (κ3) is 2.85. The Morgan fingerprint density at radius 3 is 2.94 bits per heavy atom. The third-order valence-corrected chi connectivity index (χ3v) is 2.54. The fraction of sp³-hybridized carbons (Fsp3) is 0.455. The lowest BCUT2D eigenvalue weighted by atomic mass is 10.1. The average Bonchev–Trinajstić information content (AvgIpc) is 2.26. The molecule has 0 bridgehead atoms. The highest BCUT2D eigenvalue weighted by Gasteiger charge is 2.12. The summed E-state index contributed by atoms with van der Waals surface area (Å²) >= 11 is 0. The second kappa shape index (κ2) is 5.34. The molecule has 0 radical (unpaired) electrons. The van der Waals surface area contributed by atoms with E-state index in [1.807, 2.05) is 0 Å². The van der Waals surface area contributed by atoms with E-state index in [1.54, 1.807) is 0 Å². The summed E-state index contributed by atoms with van der Waals surface area (Å²) in [5, 5.41) is 11.9. The van der Waals surface area contributed by atoms with Gasteiger partial charge in [0.25, 0.3) is 0 Å². The fourth-order valence-corrected chi connectivity index (χ4v) is 1.22. The van der Waals surface area contributed by atoms with Gasteiger partial charge in [-0.2, -0.15) is 0 Å². The Morgan fingerprint density at radius 1 is 1.69 bits per heavy atom. The Kier molecular flexibility index (Phi) is 4.10. The van der Waals surface area contributed by atoms with Gasteiger partial charge in [0, 0.05) is 12.7 Å². The molecule has 0 spiro atoms. The quantitative estimate of drug-likeness (QED) is 0.708. The maximum Gasteiger partial charge on any atom is 0.337 e. The molecule has 0 aliphatic rings. The summed E-state index contributed by atoms with van der Waals surface area (Å²) in [6.07, 6.45) is 2.49. The summed E-state index contributed by atoms with van der Waals surface area (Å²) in [4.78, 5) is 14.9. The molecule has 1 heterocycles. The monoisotopic (exact) mass is 223 g/mol. The van der Waals surface area contributed by atoms with Crippen LogP contribution in [0.15, 0.2) is 12.3 Å². The molecule has 0 aliphatic heterocycles. The smallest absolute Gasteiger partial charge is 0.337 e. The first-order valence-corrected chi connectivity index (χ1v) is 5.27. The number of rotatable bonds is 5. The molecule has 1 unspecified atom stereocenters. The number of carboxylic acid groups (broad SMARTS) is 1. The van der Waals surface area contributed by atoms with E-state index < -0.39 is 5.97 Å². The van der Waals surface area contributed by atoms with Gasteiger partial charge in [0.2, 0.25) is 0 Å². The van der Waals surface area contributed by atoms with E-state index in [9.17, 15) is 4.79 Å². The summed E-state index contributed by atoms with van der Waals surface area (Å²) in [5.74, 6) is -0.0959. The second-order valence-electron chi connectivity index (χ2n) is 3.82. The van der Waals surface area contributed by atoms with Gasteiger partial charge in [-0.25, -0.2) is 9.78 Å². The van der Waals surface area contributed by atoms with Gasteiger partial charge in [0.1, 0.15) is 5.82 Å². The van der Waals surface area contributed by atoms with Crippen LogP contribution in [-0.4, -0.2) is 22.6 Å². The molecule has 1 atom stereocenters. The van der Waals surface area contributed by atoms with E-state index in [0.29, 0.717) is 11.7 Å². The van der Waals surface area contributed by atoms with Crippen molar-refractivity contribution in [1.82, 2.24) is 4.98 Å². The molecule has 1 aromatic heterocycles. The number of carbonyl (C=O) groups is 1. The summed E-state index contributed by atoms with van der Waals surface area (Å²) in [7, 11) is 0. The Balaban J connectivity index is 2.81. The number of nitrogen functional groups attached to an aromatic ring is 1. The van der Waals surface area contributed by atoms with Gasteiger partial charge >= 0.3 is 5.97 Å². The largest absolute Gasteiger partial charge is 0.478 e. The van der Waals surface area contributed by atoms with Crippen molar-refractivity contribution in [3.8, 4) is 0 Å². The van der Waals surface area contributed by atoms with Gasteiger partial charge in [-0.3, -0.25) is 0 Å². The van der Waals surface area contributed by atoms with Crippen molar-refractivity contribution in [2.75, 3.05) is 17.6 Å². The van der Waals surface area contributed by atoms with Crippen LogP contribution in [0.3, 0.4) is 0 Å². The number of carboxylic acids is 1. The third-order valence-electron chi connectivity index (χ3n) is 2.54. The van der Waals surface area contributed by atoms with Gasteiger partial charge < -0.3 is 16.2 Å². The molecule has 0 amide bonds. The number of aromatic nitrogens is 1. The molecule has 0 saturated carbocycles. The molecule has 0 fully saturated rings. The van der Waals surface area contributed by atoms with Gasteiger partial charge in [0.05, 0.1) is 11.3 Å². The van der Waals surface area contributed by atoms with Crippen molar-refractivity contribution < 1.29 is 9.90 Å². The van der Waals surface area contributed by atoms with Gasteiger partial charge in [-0.1, -0.05) is 20.3 Å². The number of pyridine rings is 1. The van der Waals surface area contributed by atoms with E-state index in [2.05, 4.69) is 24.1 Å². The minimum atomic E-state index is -1.04. The number of hydrogen-bond donors (Lipinski definition) is 3. The Morgan fingerprint density at radius 2 is 2.38 bits per heavy atom. The summed E-state index contributed by atoms with van der Waals surface area (Å²) in [5.41, 5.74) is 5.98. The minimum Gasteiger partial charge on any atom is -0.478 e. The molecule has 0 saturated heterocycles. The van der Waals surface area contributed by atoms with Crippen LogP contribution >= 0.6 is 0 Å². The molecule has 1 rings (SSSR count). The molecule has 88 valence electrons. The number of nitrogens with one attached hydrogen (secondary N) is 1. The van der Waals surface area contributed by atoms with Gasteiger partial charge in [0.15, 0.2) is 0 Å². The molecular formula is C11H17N3O2. The topological polar surface area (TPSA) is 88.2 Å². The first kappa shape index (κ1) is 12.3. The SMILES string of the molecule is CCC(C)CNc1nccc(C(=O)O)c1N. The van der Waals surface area contributed by atoms with Crippen molar-refractivity contribution >= 4 is 17.5 Å². The maximum atomic E-state index is 10.8. The van der Waals surface area contributed by atoms with E-state index in [4.69, 9.17) is 10.8 Å². The van der Waals surface area contributed by atoms with E-state index in [-0.39, 0.29) is 11.3 Å². The summed E-state index contributed by atoms with van der Waals surface area (Å²) in [6, 6.07) is 1.39. The molecule has 4 N–H and O–H groups in total. The number of nitrogens with two attached hydrogens (primary N) is 1. The summed E-state index contributed by atoms with van der Waals surface area (Å²) in [6.45, 7) is 4.93. The summed E-state index contributed by atoms with van der Waals surface area (Å²) < 4.78 is 0. The zero-order chi connectivity index (χ0) is 12.1. The number of anilines is 2. The fourth-order valence-electron chi connectivity index (χ4n) is 1.22. The van der Waals surface area contributed by atoms with Crippen LogP contribution in [-0.2, 0) is 0 Å². The van der Waals surface area contributed by atoms with Crippen molar-refractivity contribution in [3.05, 3.63) is 17.8 Å². The molecular weight excluding hydrogens is 206 g/mol. The highest BCUT2D eigenvalue weighted by molar-refractivity contribution is 5.96.